The lowest BCUT2D eigenvalue weighted by molar-refractivity contribution is -0.136. The molecule has 0 bridgehead atoms. The van der Waals surface area contributed by atoms with Crippen molar-refractivity contribution in [3.8, 4) is 5.75 Å². The molecule has 1 N–H and O–H groups in total. The molecule has 0 unspecified atom stereocenters. The van der Waals surface area contributed by atoms with Crippen molar-refractivity contribution in [1.29, 1.82) is 0 Å². The van der Waals surface area contributed by atoms with E-state index < -0.39 is 0 Å². The van der Waals surface area contributed by atoms with E-state index >= 15 is 0 Å². The molecule has 0 aromatic heterocycles. The van der Waals surface area contributed by atoms with E-state index in [-0.39, 0.29) is 23.3 Å². The van der Waals surface area contributed by atoms with Gasteiger partial charge in [0.25, 0.3) is 11.8 Å². The first-order chi connectivity index (χ1) is 12.0. The maximum absolute atomic E-state index is 12.3. The number of rotatable bonds is 4. The topological polar surface area (TPSA) is 82.3 Å². The number of hydrogen-bond acceptors (Lipinski definition) is 5. The van der Waals surface area contributed by atoms with Crippen molar-refractivity contribution in [2.45, 2.75) is 13.8 Å². The van der Waals surface area contributed by atoms with Crippen LogP contribution in [0.2, 0.25) is 0 Å². The zero-order valence-corrected chi connectivity index (χ0v) is 13.9. The number of carbonyl (C=O) groups is 2. The Morgan fingerprint density at radius 1 is 1.04 bits per heavy atom. The van der Waals surface area contributed by atoms with Crippen molar-refractivity contribution in [1.82, 2.24) is 4.90 Å². The lowest BCUT2D eigenvalue weighted by Crippen LogP contribution is -2.30. The average Bonchev–Trinajstić information content (AvgIpc) is 2.89. The number of carbonyl (C=O) groups excluding carboxylic acids is 2. The Kier molecular flexibility index (Phi) is 4.43. The summed E-state index contributed by atoms with van der Waals surface area (Å²) in [5, 5.41) is 18.2. The molecule has 6 nitrogen and oxygen atoms in total. The number of imide groups is 1. The molecule has 0 atom stereocenters. The van der Waals surface area contributed by atoms with E-state index in [0.717, 1.165) is 10.5 Å². The van der Waals surface area contributed by atoms with Crippen LogP contribution in [0.25, 0.3) is 5.57 Å². The minimum atomic E-state index is -0.347. The summed E-state index contributed by atoms with van der Waals surface area (Å²) in [5.74, 6) is -0.732. The fraction of sp³-hybridized carbons (Fsp3) is 0.158. The molecule has 0 fully saturated rings. The van der Waals surface area contributed by atoms with E-state index in [1.807, 2.05) is 31.2 Å². The predicted octanol–water partition coefficient (Wildman–Crippen LogP) is 3.89. The van der Waals surface area contributed by atoms with Gasteiger partial charge >= 0.3 is 0 Å². The molecule has 0 radical (unpaired) electrons. The van der Waals surface area contributed by atoms with Gasteiger partial charge in [0.05, 0.1) is 11.3 Å². The summed E-state index contributed by atoms with van der Waals surface area (Å²) in [6, 6.07) is 12.1. The third-order valence-corrected chi connectivity index (χ3v) is 3.99. The lowest BCUT2D eigenvalue weighted by atomic mass is 10.1. The molecule has 25 heavy (non-hydrogen) atoms. The highest BCUT2D eigenvalue weighted by molar-refractivity contribution is 6.33. The number of phenolic OH excluding ortho intramolecular Hbond substituents is 1. The minimum absolute atomic E-state index is 0.0502. The Balaban J connectivity index is 1.95. The third kappa shape index (κ3) is 3.19. The standard InChI is InChI=1S/C19H17N3O3/c1-3-22-18(24)11-14(19(22)25)13-8-9-17(23)16(10-13)21-20-15-7-5-4-6-12(15)2/h4-11,23H,3H2,1-2H3. The highest BCUT2D eigenvalue weighted by atomic mass is 16.3. The largest absolute Gasteiger partial charge is 0.506 e. The van der Waals surface area contributed by atoms with Crippen molar-refractivity contribution < 1.29 is 14.7 Å². The maximum Gasteiger partial charge on any atom is 0.261 e. The van der Waals surface area contributed by atoms with Gasteiger partial charge in [-0.15, -0.1) is 5.11 Å². The van der Waals surface area contributed by atoms with E-state index in [1.165, 1.54) is 12.1 Å². The highest BCUT2D eigenvalue weighted by Crippen LogP contribution is 2.33. The Morgan fingerprint density at radius 2 is 1.76 bits per heavy atom. The fourth-order valence-corrected chi connectivity index (χ4v) is 2.57. The summed E-state index contributed by atoms with van der Waals surface area (Å²) in [6.07, 6.45) is 1.31. The molecule has 0 saturated heterocycles. The number of nitrogens with zero attached hydrogens (tertiary/aromatic N) is 3. The molecular weight excluding hydrogens is 318 g/mol. The number of aromatic hydroxyl groups is 1. The Hall–Kier alpha value is -3.28. The lowest BCUT2D eigenvalue weighted by Gasteiger charge is -2.11. The quantitative estimate of drug-likeness (QED) is 0.680. The van der Waals surface area contributed by atoms with Gasteiger partial charge in [-0.25, -0.2) is 0 Å². The number of aryl methyl sites for hydroxylation is 1. The van der Waals surface area contributed by atoms with Crippen LogP contribution in [0.3, 0.4) is 0 Å². The Bertz CT molecular complexity index is 916. The molecule has 126 valence electrons. The van der Waals surface area contributed by atoms with Gasteiger partial charge < -0.3 is 5.11 Å². The van der Waals surface area contributed by atoms with Crippen molar-refractivity contribution in [3.63, 3.8) is 0 Å². The van der Waals surface area contributed by atoms with Crippen molar-refractivity contribution >= 4 is 28.8 Å². The second kappa shape index (κ2) is 6.68. The van der Waals surface area contributed by atoms with Gasteiger partial charge in [0.2, 0.25) is 0 Å². The molecule has 3 rings (SSSR count). The molecule has 1 heterocycles. The first-order valence-corrected chi connectivity index (χ1v) is 7.89. The van der Waals surface area contributed by atoms with Gasteiger partial charge in [-0.1, -0.05) is 24.3 Å². The maximum atomic E-state index is 12.3. The molecule has 1 aliphatic heterocycles. The molecule has 1 aliphatic rings. The summed E-state index contributed by atoms with van der Waals surface area (Å²) in [7, 11) is 0. The van der Waals surface area contributed by atoms with E-state index in [1.54, 1.807) is 19.1 Å². The van der Waals surface area contributed by atoms with E-state index in [2.05, 4.69) is 10.2 Å². The zero-order valence-electron chi connectivity index (χ0n) is 13.9. The average molecular weight is 335 g/mol. The molecule has 0 saturated carbocycles. The second-order valence-electron chi connectivity index (χ2n) is 5.64. The summed E-state index contributed by atoms with van der Waals surface area (Å²) in [6.45, 7) is 3.97. The summed E-state index contributed by atoms with van der Waals surface area (Å²) < 4.78 is 0. The van der Waals surface area contributed by atoms with Crippen LogP contribution < -0.4 is 0 Å². The van der Waals surface area contributed by atoms with Gasteiger partial charge in [-0.2, -0.15) is 5.11 Å². The van der Waals surface area contributed by atoms with Crippen LogP contribution in [0.5, 0.6) is 5.75 Å². The Labute approximate surface area is 145 Å². The van der Waals surface area contributed by atoms with Crippen LogP contribution in [-0.4, -0.2) is 28.4 Å². The third-order valence-electron chi connectivity index (χ3n) is 3.99. The molecule has 2 aromatic carbocycles. The van der Waals surface area contributed by atoms with Gasteiger partial charge in [-0.05, 0) is 43.2 Å². The number of benzene rings is 2. The monoisotopic (exact) mass is 335 g/mol. The van der Waals surface area contributed by atoms with E-state index in [0.29, 0.717) is 23.4 Å². The van der Waals surface area contributed by atoms with Crippen LogP contribution >= 0.6 is 0 Å². The van der Waals surface area contributed by atoms with Crippen molar-refractivity contribution in [2.24, 2.45) is 10.2 Å². The van der Waals surface area contributed by atoms with Crippen LogP contribution in [0, 0.1) is 6.92 Å². The normalized spacial score (nSPS) is 14.5. The van der Waals surface area contributed by atoms with E-state index in [9.17, 15) is 14.7 Å². The summed E-state index contributed by atoms with van der Waals surface area (Å²) in [4.78, 5) is 25.3. The second-order valence-corrected chi connectivity index (χ2v) is 5.64. The van der Waals surface area contributed by atoms with E-state index in [4.69, 9.17) is 0 Å². The van der Waals surface area contributed by atoms with Crippen LogP contribution in [0.1, 0.15) is 18.1 Å². The van der Waals surface area contributed by atoms with Gasteiger partial charge in [0.15, 0.2) is 0 Å². The molecule has 0 spiro atoms. The predicted molar refractivity (Wildman–Crippen MR) is 93.8 cm³/mol. The number of azo groups is 1. The van der Waals surface area contributed by atoms with Crippen LogP contribution in [-0.2, 0) is 9.59 Å². The number of amides is 2. The van der Waals surface area contributed by atoms with Crippen molar-refractivity contribution in [3.05, 3.63) is 59.7 Å². The first-order valence-electron chi connectivity index (χ1n) is 7.89. The highest BCUT2D eigenvalue weighted by Gasteiger charge is 2.30. The molecule has 2 aromatic rings. The van der Waals surface area contributed by atoms with Crippen LogP contribution in [0.4, 0.5) is 11.4 Å². The summed E-state index contributed by atoms with van der Waals surface area (Å²) >= 11 is 0. The Morgan fingerprint density at radius 3 is 2.44 bits per heavy atom. The molecule has 6 heteroatoms. The van der Waals surface area contributed by atoms with Crippen LogP contribution in [0.15, 0.2) is 58.8 Å². The smallest absolute Gasteiger partial charge is 0.261 e. The van der Waals surface area contributed by atoms with Gasteiger partial charge in [-0.3, -0.25) is 14.5 Å². The first kappa shape index (κ1) is 16.6. The van der Waals surface area contributed by atoms with Gasteiger partial charge in [0.1, 0.15) is 11.4 Å². The number of phenols is 1. The fourth-order valence-electron chi connectivity index (χ4n) is 2.57. The van der Waals surface area contributed by atoms with Crippen molar-refractivity contribution in [2.75, 3.05) is 6.54 Å². The summed E-state index contributed by atoms with van der Waals surface area (Å²) in [5.41, 5.74) is 2.69. The number of likely N-dealkylation sites (N-methyl/N-ethyl adjacent to an activating group) is 1. The van der Waals surface area contributed by atoms with Gasteiger partial charge in [0, 0.05) is 12.6 Å². The zero-order chi connectivity index (χ0) is 18.0. The minimum Gasteiger partial charge on any atom is -0.506 e. The SMILES string of the molecule is CCN1C(=O)C=C(c2ccc(O)c(N=Nc3ccccc3C)c2)C1=O. The molecular formula is C19H17N3O3. The number of hydrogen-bond donors (Lipinski definition) is 1. The molecule has 2 amide bonds. The molecule has 0 aliphatic carbocycles.